The van der Waals surface area contributed by atoms with Crippen LogP contribution in [0.15, 0.2) is 12.2 Å². The molecule has 104 valence electrons. The van der Waals surface area contributed by atoms with Crippen LogP contribution in [-0.4, -0.2) is 29.3 Å². The van der Waals surface area contributed by atoms with Crippen molar-refractivity contribution in [3.05, 3.63) is 12.2 Å². The second kappa shape index (κ2) is 5.08. The highest BCUT2D eigenvalue weighted by molar-refractivity contribution is 6.05. The Hall–Kier alpha value is -1.16. The van der Waals surface area contributed by atoms with Gasteiger partial charge in [0.25, 0.3) is 0 Å². The normalized spacial score (nSPS) is 38.7. The van der Waals surface area contributed by atoms with E-state index in [0.29, 0.717) is 12.5 Å². The number of carbonyl (C=O) groups is 2. The van der Waals surface area contributed by atoms with Gasteiger partial charge < -0.3 is 5.73 Å². The summed E-state index contributed by atoms with van der Waals surface area (Å²) in [6.07, 6.45) is 9.79. The molecule has 4 heteroatoms. The molecular weight excluding hydrogens is 240 g/mol. The largest absolute Gasteiger partial charge is 0.330 e. The van der Waals surface area contributed by atoms with Gasteiger partial charge >= 0.3 is 0 Å². The van der Waals surface area contributed by atoms with Crippen LogP contribution in [0.25, 0.3) is 0 Å². The Morgan fingerprint density at radius 3 is 2.21 bits per heavy atom. The average molecular weight is 262 g/mol. The van der Waals surface area contributed by atoms with Crippen molar-refractivity contribution in [2.75, 3.05) is 6.54 Å². The second-order valence-corrected chi connectivity index (χ2v) is 6.05. The van der Waals surface area contributed by atoms with Crippen molar-refractivity contribution in [2.24, 2.45) is 23.5 Å². The molecule has 4 unspecified atom stereocenters. The monoisotopic (exact) mass is 262 g/mol. The minimum absolute atomic E-state index is 0.0596. The van der Waals surface area contributed by atoms with Gasteiger partial charge in [0, 0.05) is 6.04 Å². The Morgan fingerprint density at radius 1 is 1.05 bits per heavy atom. The molecule has 2 amide bonds. The number of carbonyl (C=O) groups excluding carboxylic acids is 2. The molecule has 3 rings (SSSR count). The van der Waals surface area contributed by atoms with Crippen LogP contribution in [0.4, 0.5) is 0 Å². The van der Waals surface area contributed by atoms with Gasteiger partial charge in [0.05, 0.1) is 11.8 Å². The summed E-state index contributed by atoms with van der Waals surface area (Å²) in [4.78, 5) is 26.7. The summed E-state index contributed by atoms with van der Waals surface area (Å²) >= 11 is 0. The lowest BCUT2D eigenvalue weighted by Crippen LogP contribution is -2.48. The van der Waals surface area contributed by atoms with E-state index in [4.69, 9.17) is 5.73 Å². The van der Waals surface area contributed by atoms with Gasteiger partial charge in [0.1, 0.15) is 0 Å². The first-order valence-corrected chi connectivity index (χ1v) is 7.46. The summed E-state index contributed by atoms with van der Waals surface area (Å²) in [6.45, 7) is 0.579. The van der Waals surface area contributed by atoms with Crippen LogP contribution in [0.2, 0.25) is 0 Å². The molecule has 2 N–H and O–H groups in total. The van der Waals surface area contributed by atoms with Gasteiger partial charge in [-0.1, -0.05) is 25.0 Å². The Kier molecular flexibility index (Phi) is 3.44. The highest BCUT2D eigenvalue weighted by Crippen LogP contribution is 2.39. The van der Waals surface area contributed by atoms with E-state index >= 15 is 0 Å². The highest BCUT2D eigenvalue weighted by Gasteiger charge is 2.50. The van der Waals surface area contributed by atoms with Gasteiger partial charge in [-0.05, 0) is 38.1 Å². The third-order valence-corrected chi connectivity index (χ3v) is 5.05. The van der Waals surface area contributed by atoms with Crippen LogP contribution in [0.3, 0.4) is 0 Å². The highest BCUT2D eigenvalue weighted by atomic mass is 16.2. The minimum atomic E-state index is -0.0992. The van der Waals surface area contributed by atoms with Crippen molar-refractivity contribution in [1.82, 2.24) is 4.90 Å². The molecule has 0 aromatic heterocycles. The lowest BCUT2D eigenvalue weighted by atomic mass is 9.83. The average Bonchev–Trinajstić information content (AvgIpc) is 2.71. The molecule has 1 saturated heterocycles. The Bertz CT molecular complexity index is 392. The number of nitrogens with two attached hydrogens (primary N) is 1. The Morgan fingerprint density at radius 2 is 1.63 bits per heavy atom. The molecule has 4 nitrogen and oxygen atoms in total. The second-order valence-electron chi connectivity index (χ2n) is 6.05. The molecule has 4 atom stereocenters. The van der Waals surface area contributed by atoms with Crippen molar-refractivity contribution in [2.45, 2.75) is 44.6 Å². The van der Waals surface area contributed by atoms with E-state index in [1.54, 1.807) is 4.90 Å². The number of amides is 2. The van der Waals surface area contributed by atoms with Crippen LogP contribution in [-0.2, 0) is 9.59 Å². The summed E-state index contributed by atoms with van der Waals surface area (Å²) in [5, 5.41) is 0. The Balaban J connectivity index is 1.84. The number of imide groups is 1. The van der Waals surface area contributed by atoms with Gasteiger partial charge in [-0.15, -0.1) is 0 Å². The van der Waals surface area contributed by atoms with E-state index in [0.717, 1.165) is 32.1 Å². The lowest BCUT2D eigenvalue weighted by Gasteiger charge is -2.36. The number of likely N-dealkylation sites (tertiary alicyclic amines) is 1. The van der Waals surface area contributed by atoms with E-state index in [-0.39, 0.29) is 29.7 Å². The molecule has 3 aliphatic rings. The van der Waals surface area contributed by atoms with Gasteiger partial charge in [-0.25, -0.2) is 0 Å². The smallest absolute Gasteiger partial charge is 0.233 e. The number of hydrogen-bond donors (Lipinski definition) is 1. The zero-order chi connectivity index (χ0) is 13.4. The maximum Gasteiger partial charge on any atom is 0.233 e. The van der Waals surface area contributed by atoms with Crippen molar-refractivity contribution in [3.8, 4) is 0 Å². The van der Waals surface area contributed by atoms with Gasteiger partial charge in [-0.2, -0.15) is 0 Å². The number of hydrogen-bond acceptors (Lipinski definition) is 3. The maximum atomic E-state index is 12.5. The van der Waals surface area contributed by atoms with Crippen molar-refractivity contribution in [1.29, 1.82) is 0 Å². The molecule has 2 aliphatic carbocycles. The third-order valence-electron chi connectivity index (χ3n) is 5.05. The molecule has 1 heterocycles. The van der Waals surface area contributed by atoms with E-state index in [1.165, 1.54) is 6.42 Å². The lowest BCUT2D eigenvalue weighted by molar-refractivity contribution is -0.144. The topological polar surface area (TPSA) is 63.4 Å². The van der Waals surface area contributed by atoms with E-state index in [2.05, 4.69) is 0 Å². The third kappa shape index (κ3) is 2.02. The molecule has 19 heavy (non-hydrogen) atoms. The molecule has 1 aliphatic heterocycles. The number of rotatable bonds is 2. The molecular formula is C15H22N2O2. The van der Waals surface area contributed by atoms with Crippen molar-refractivity contribution >= 4 is 11.8 Å². The molecule has 0 aromatic rings. The van der Waals surface area contributed by atoms with Crippen molar-refractivity contribution in [3.63, 3.8) is 0 Å². The molecule has 0 radical (unpaired) electrons. The first kappa shape index (κ1) is 12.9. The van der Waals surface area contributed by atoms with E-state index in [1.807, 2.05) is 12.2 Å². The molecule has 2 fully saturated rings. The van der Waals surface area contributed by atoms with Gasteiger partial charge in [0.2, 0.25) is 11.8 Å². The quantitative estimate of drug-likeness (QED) is 0.605. The summed E-state index contributed by atoms with van der Waals surface area (Å²) in [6, 6.07) is 0.0596. The summed E-state index contributed by atoms with van der Waals surface area (Å²) in [7, 11) is 0. The maximum absolute atomic E-state index is 12.5. The van der Waals surface area contributed by atoms with Crippen LogP contribution in [0.5, 0.6) is 0 Å². The first-order chi connectivity index (χ1) is 9.24. The summed E-state index contributed by atoms with van der Waals surface area (Å²) < 4.78 is 0. The molecule has 1 saturated carbocycles. The minimum Gasteiger partial charge on any atom is -0.330 e. The zero-order valence-electron chi connectivity index (χ0n) is 11.3. The number of nitrogens with zero attached hydrogens (tertiary/aromatic N) is 1. The molecule has 0 bridgehead atoms. The van der Waals surface area contributed by atoms with E-state index in [9.17, 15) is 9.59 Å². The summed E-state index contributed by atoms with van der Waals surface area (Å²) in [5.41, 5.74) is 5.84. The SMILES string of the molecule is NCC1CCCCC1N1C(=O)C2CC=CCC2C1=O. The fourth-order valence-electron chi connectivity index (χ4n) is 3.96. The Labute approximate surface area is 114 Å². The van der Waals surface area contributed by atoms with Crippen molar-refractivity contribution < 1.29 is 9.59 Å². The van der Waals surface area contributed by atoms with Crippen LogP contribution in [0.1, 0.15) is 38.5 Å². The summed E-state index contributed by atoms with van der Waals surface area (Å²) in [5.74, 6) is 0.222. The van der Waals surface area contributed by atoms with Gasteiger partial charge in [-0.3, -0.25) is 14.5 Å². The molecule has 0 spiro atoms. The fraction of sp³-hybridized carbons (Fsp3) is 0.733. The number of fused-ring (bicyclic) bond motifs is 1. The van der Waals surface area contributed by atoms with Gasteiger partial charge in [0.15, 0.2) is 0 Å². The first-order valence-electron chi connectivity index (χ1n) is 7.46. The fourth-order valence-corrected chi connectivity index (χ4v) is 3.96. The zero-order valence-corrected chi connectivity index (χ0v) is 11.3. The van der Waals surface area contributed by atoms with Crippen LogP contribution < -0.4 is 5.73 Å². The van der Waals surface area contributed by atoms with E-state index < -0.39 is 0 Å². The predicted molar refractivity (Wildman–Crippen MR) is 72.0 cm³/mol. The standard InChI is InChI=1S/C15H22N2O2/c16-9-10-5-1-4-8-13(10)17-14(18)11-6-2-3-7-12(11)15(17)19/h2-3,10-13H,1,4-9,16H2. The van der Waals surface area contributed by atoms with Crippen LogP contribution in [0, 0.1) is 17.8 Å². The molecule has 0 aromatic carbocycles. The predicted octanol–water partition coefficient (Wildman–Crippen LogP) is 1.46. The number of allylic oxidation sites excluding steroid dienone is 2. The van der Waals surface area contributed by atoms with Crippen LogP contribution >= 0.6 is 0 Å².